The number of hydrogen-bond acceptors (Lipinski definition) is 3. The van der Waals surface area contributed by atoms with E-state index in [0.29, 0.717) is 0 Å². The molecule has 0 radical (unpaired) electrons. The Labute approximate surface area is 87.0 Å². The standard InChI is InChI=1S/C7H13N3OS2/c8-7(12)10-9-6(11)5-3-1-2-4-13-5/h5H,1-4H2,(H,9,11)(H3,8,10,12). The molecule has 1 saturated heterocycles. The molecular formula is C7H13N3OS2. The first-order valence-electron chi connectivity index (χ1n) is 4.17. The summed E-state index contributed by atoms with van der Waals surface area (Å²) < 4.78 is 0. The van der Waals surface area contributed by atoms with Gasteiger partial charge in [-0.2, -0.15) is 0 Å². The van der Waals surface area contributed by atoms with Gasteiger partial charge in [0.2, 0.25) is 0 Å². The Hall–Kier alpha value is -0.490. The molecule has 1 aliphatic rings. The summed E-state index contributed by atoms with van der Waals surface area (Å²) in [5.41, 5.74) is 10.1. The number of carbonyl (C=O) groups excluding carboxylic acids is 1. The quantitative estimate of drug-likeness (QED) is 0.432. The van der Waals surface area contributed by atoms with Gasteiger partial charge in [-0.25, -0.2) is 0 Å². The molecule has 0 aromatic rings. The molecule has 13 heavy (non-hydrogen) atoms. The third kappa shape index (κ3) is 3.82. The number of amides is 1. The SMILES string of the molecule is NC(=S)NNC(=O)C1CCCCS1. The van der Waals surface area contributed by atoms with Crippen LogP contribution < -0.4 is 16.6 Å². The maximum atomic E-state index is 11.4. The smallest absolute Gasteiger partial charge is 0.251 e. The van der Waals surface area contributed by atoms with E-state index in [1.165, 1.54) is 6.42 Å². The minimum Gasteiger partial charge on any atom is -0.375 e. The Morgan fingerprint density at radius 3 is 2.77 bits per heavy atom. The van der Waals surface area contributed by atoms with Crippen molar-refractivity contribution in [2.24, 2.45) is 5.73 Å². The number of carbonyl (C=O) groups is 1. The van der Waals surface area contributed by atoms with Crippen molar-refractivity contribution >= 4 is 35.0 Å². The Morgan fingerprint density at radius 1 is 1.46 bits per heavy atom. The lowest BCUT2D eigenvalue weighted by Gasteiger charge is -2.20. The van der Waals surface area contributed by atoms with Crippen LogP contribution in [0.4, 0.5) is 0 Å². The molecule has 4 nitrogen and oxygen atoms in total. The van der Waals surface area contributed by atoms with E-state index in [9.17, 15) is 4.79 Å². The van der Waals surface area contributed by atoms with Gasteiger partial charge in [0.1, 0.15) is 0 Å². The van der Waals surface area contributed by atoms with E-state index < -0.39 is 0 Å². The van der Waals surface area contributed by atoms with E-state index in [-0.39, 0.29) is 16.3 Å². The summed E-state index contributed by atoms with van der Waals surface area (Å²) in [4.78, 5) is 11.4. The van der Waals surface area contributed by atoms with E-state index in [4.69, 9.17) is 5.73 Å². The maximum absolute atomic E-state index is 11.4. The molecule has 0 saturated carbocycles. The molecule has 1 atom stereocenters. The normalized spacial score (nSPS) is 22.0. The summed E-state index contributed by atoms with van der Waals surface area (Å²) in [6, 6.07) is 0. The molecule has 4 N–H and O–H groups in total. The van der Waals surface area contributed by atoms with Gasteiger partial charge in [-0.3, -0.25) is 15.6 Å². The average molecular weight is 219 g/mol. The molecule has 1 aliphatic heterocycles. The summed E-state index contributed by atoms with van der Waals surface area (Å²) in [6.07, 6.45) is 3.27. The highest BCUT2D eigenvalue weighted by molar-refractivity contribution is 8.00. The molecule has 0 aliphatic carbocycles. The minimum absolute atomic E-state index is 0.0301. The van der Waals surface area contributed by atoms with Gasteiger partial charge in [0.25, 0.3) is 5.91 Å². The fourth-order valence-corrected chi connectivity index (χ4v) is 2.40. The third-order valence-electron chi connectivity index (χ3n) is 1.78. The van der Waals surface area contributed by atoms with Gasteiger partial charge in [0.05, 0.1) is 5.25 Å². The molecule has 0 aromatic carbocycles. The first-order chi connectivity index (χ1) is 6.20. The van der Waals surface area contributed by atoms with E-state index in [2.05, 4.69) is 23.1 Å². The van der Waals surface area contributed by atoms with Crippen molar-refractivity contribution < 1.29 is 4.79 Å². The van der Waals surface area contributed by atoms with Crippen LogP contribution in [0.3, 0.4) is 0 Å². The number of hydrogen-bond donors (Lipinski definition) is 3. The lowest BCUT2D eigenvalue weighted by Crippen LogP contribution is -2.48. The monoisotopic (exact) mass is 219 g/mol. The van der Waals surface area contributed by atoms with E-state index in [1.54, 1.807) is 11.8 Å². The molecule has 1 fully saturated rings. The van der Waals surface area contributed by atoms with Crippen molar-refractivity contribution in [2.75, 3.05) is 5.75 Å². The van der Waals surface area contributed by atoms with Crippen molar-refractivity contribution in [3.05, 3.63) is 0 Å². The van der Waals surface area contributed by atoms with Crippen molar-refractivity contribution in [1.82, 2.24) is 10.9 Å². The highest BCUT2D eigenvalue weighted by Crippen LogP contribution is 2.24. The zero-order valence-electron chi connectivity index (χ0n) is 7.21. The number of hydrazine groups is 1. The minimum atomic E-state index is -0.0301. The number of rotatable bonds is 1. The second kappa shape index (κ2) is 5.29. The van der Waals surface area contributed by atoms with Crippen LogP contribution in [0.1, 0.15) is 19.3 Å². The van der Waals surface area contributed by atoms with Crippen LogP contribution in [0.5, 0.6) is 0 Å². The molecule has 0 aromatic heterocycles. The molecule has 1 rings (SSSR count). The molecule has 6 heteroatoms. The van der Waals surface area contributed by atoms with Gasteiger partial charge in [0, 0.05) is 0 Å². The van der Waals surface area contributed by atoms with Gasteiger partial charge >= 0.3 is 0 Å². The number of nitrogens with two attached hydrogens (primary N) is 1. The van der Waals surface area contributed by atoms with E-state index >= 15 is 0 Å². The fourth-order valence-electron chi connectivity index (χ4n) is 1.15. The Morgan fingerprint density at radius 2 is 2.23 bits per heavy atom. The predicted molar refractivity (Wildman–Crippen MR) is 58.2 cm³/mol. The molecule has 0 spiro atoms. The molecule has 74 valence electrons. The van der Waals surface area contributed by atoms with E-state index in [0.717, 1.165) is 18.6 Å². The van der Waals surface area contributed by atoms with Crippen LogP contribution in [0.15, 0.2) is 0 Å². The van der Waals surface area contributed by atoms with Crippen LogP contribution in [0, 0.1) is 0 Å². The van der Waals surface area contributed by atoms with Crippen molar-refractivity contribution in [1.29, 1.82) is 0 Å². The predicted octanol–water partition coefficient (Wildman–Crippen LogP) is 0.137. The summed E-state index contributed by atoms with van der Waals surface area (Å²) in [7, 11) is 0. The van der Waals surface area contributed by atoms with Crippen LogP contribution in [0.2, 0.25) is 0 Å². The topological polar surface area (TPSA) is 67.2 Å². The Bertz CT molecular complexity index is 204. The van der Waals surface area contributed by atoms with Crippen LogP contribution in [0.25, 0.3) is 0 Å². The number of nitrogens with one attached hydrogen (secondary N) is 2. The number of thiocarbonyl (C=S) groups is 1. The highest BCUT2D eigenvalue weighted by Gasteiger charge is 2.21. The van der Waals surface area contributed by atoms with Crippen LogP contribution in [-0.2, 0) is 4.79 Å². The maximum Gasteiger partial charge on any atom is 0.251 e. The van der Waals surface area contributed by atoms with Gasteiger partial charge < -0.3 is 5.73 Å². The summed E-state index contributed by atoms with van der Waals surface area (Å²) in [5.74, 6) is 1.03. The Kier molecular flexibility index (Phi) is 4.31. The zero-order chi connectivity index (χ0) is 9.68. The fraction of sp³-hybridized carbons (Fsp3) is 0.714. The second-order valence-corrected chi connectivity index (χ2v) is 4.58. The first kappa shape index (κ1) is 10.6. The summed E-state index contributed by atoms with van der Waals surface area (Å²) in [6.45, 7) is 0. The molecule has 0 bridgehead atoms. The number of thioether (sulfide) groups is 1. The van der Waals surface area contributed by atoms with Crippen molar-refractivity contribution in [2.45, 2.75) is 24.5 Å². The molecular weight excluding hydrogens is 206 g/mol. The average Bonchev–Trinajstić information content (AvgIpc) is 2.15. The Balaban J connectivity index is 2.25. The summed E-state index contributed by atoms with van der Waals surface area (Å²) in [5, 5.41) is 0.143. The zero-order valence-corrected chi connectivity index (χ0v) is 8.84. The molecule has 1 unspecified atom stereocenters. The van der Waals surface area contributed by atoms with E-state index in [1.807, 2.05) is 0 Å². The molecule has 1 amide bonds. The van der Waals surface area contributed by atoms with Gasteiger partial charge in [-0.1, -0.05) is 6.42 Å². The molecule has 1 heterocycles. The lowest BCUT2D eigenvalue weighted by molar-refractivity contribution is -0.121. The third-order valence-corrected chi connectivity index (χ3v) is 3.26. The van der Waals surface area contributed by atoms with Crippen LogP contribution in [-0.4, -0.2) is 22.0 Å². The van der Waals surface area contributed by atoms with Gasteiger partial charge in [-0.15, -0.1) is 11.8 Å². The van der Waals surface area contributed by atoms with Crippen molar-refractivity contribution in [3.8, 4) is 0 Å². The summed E-state index contributed by atoms with van der Waals surface area (Å²) >= 11 is 6.25. The van der Waals surface area contributed by atoms with Crippen LogP contribution >= 0.6 is 24.0 Å². The van der Waals surface area contributed by atoms with Gasteiger partial charge in [-0.05, 0) is 30.8 Å². The largest absolute Gasteiger partial charge is 0.375 e. The lowest BCUT2D eigenvalue weighted by atomic mass is 10.2. The first-order valence-corrected chi connectivity index (χ1v) is 5.63. The van der Waals surface area contributed by atoms with Gasteiger partial charge in [0.15, 0.2) is 5.11 Å². The van der Waals surface area contributed by atoms with Crippen molar-refractivity contribution in [3.63, 3.8) is 0 Å². The highest BCUT2D eigenvalue weighted by atomic mass is 32.2. The second-order valence-electron chi connectivity index (χ2n) is 2.83.